The van der Waals surface area contributed by atoms with Crippen LogP contribution in [0.15, 0.2) is 65.8 Å². The molecule has 10 heteroatoms. The van der Waals surface area contributed by atoms with Crippen molar-refractivity contribution >= 4 is 26.8 Å². The summed E-state index contributed by atoms with van der Waals surface area (Å²) in [5, 5.41) is 0.434. The second-order valence-corrected chi connectivity index (χ2v) is 10.8. The Morgan fingerprint density at radius 1 is 1.03 bits per heavy atom. The van der Waals surface area contributed by atoms with Crippen LogP contribution in [-0.2, 0) is 20.2 Å². The van der Waals surface area contributed by atoms with Crippen LogP contribution in [-0.4, -0.2) is 43.5 Å². The molecule has 1 amide bonds. The van der Waals surface area contributed by atoms with Gasteiger partial charge >= 0.3 is 0 Å². The van der Waals surface area contributed by atoms with E-state index in [2.05, 4.69) is 19.7 Å². The molecule has 1 N–H and O–H groups in total. The predicted molar refractivity (Wildman–Crippen MR) is 137 cm³/mol. The maximum Gasteiger partial charge on any atom is 0.264 e. The van der Waals surface area contributed by atoms with E-state index in [1.807, 2.05) is 26.0 Å². The van der Waals surface area contributed by atoms with E-state index in [1.54, 1.807) is 36.5 Å². The van der Waals surface area contributed by atoms with Gasteiger partial charge < -0.3 is 9.47 Å². The molecule has 5 rings (SSSR count). The van der Waals surface area contributed by atoms with Gasteiger partial charge in [-0.05, 0) is 50.6 Å². The molecule has 1 aliphatic rings. The quantitative estimate of drug-likeness (QED) is 0.394. The van der Waals surface area contributed by atoms with Crippen molar-refractivity contribution in [1.82, 2.24) is 19.7 Å². The van der Waals surface area contributed by atoms with Crippen LogP contribution in [0.1, 0.15) is 34.9 Å². The fourth-order valence-electron chi connectivity index (χ4n) is 4.80. The topological polar surface area (TPSA) is 120 Å². The molecule has 0 saturated heterocycles. The van der Waals surface area contributed by atoms with Crippen molar-refractivity contribution in [3.63, 3.8) is 0 Å². The fraction of sp³-hybridized carbons (Fsp3) is 0.259. The maximum atomic E-state index is 14.0. The van der Waals surface area contributed by atoms with Crippen LogP contribution in [0.3, 0.4) is 0 Å². The molecule has 0 bridgehead atoms. The first-order chi connectivity index (χ1) is 17.7. The Hall–Kier alpha value is -4.05. The molecule has 1 aliphatic carbocycles. The number of pyridine rings is 1. The Balaban J connectivity index is 1.58. The molecule has 37 heavy (non-hydrogen) atoms. The molecule has 0 spiro atoms. The van der Waals surface area contributed by atoms with Gasteiger partial charge in [0.2, 0.25) is 11.8 Å². The average Bonchev–Trinajstić information content (AvgIpc) is 3.65. The van der Waals surface area contributed by atoms with Crippen molar-refractivity contribution in [2.24, 2.45) is 0 Å². The number of benzene rings is 2. The van der Waals surface area contributed by atoms with Gasteiger partial charge in [0.1, 0.15) is 5.75 Å². The number of carbonyl (C=O) groups is 1. The zero-order valence-electron chi connectivity index (χ0n) is 20.8. The van der Waals surface area contributed by atoms with Crippen LogP contribution in [0.2, 0.25) is 0 Å². The van der Waals surface area contributed by atoms with Crippen molar-refractivity contribution in [1.29, 1.82) is 0 Å². The van der Waals surface area contributed by atoms with E-state index in [4.69, 9.17) is 9.47 Å². The third kappa shape index (κ3) is 4.27. The minimum Gasteiger partial charge on any atom is -0.496 e. The number of aryl methyl sites for hydroxylation is 2. The SMILES string of the molecule is COc1cnc([C@@H]2C[C@]2(C(=O)NS(=O)(=O)c2cccc3nc(C)ccc23)c2cc(C)ccc2OC)cn1. The van der Waals surface area contributed by atoms with Gasteiger partial charge in [-0.3, -0.25) is 14.8 Å². The zero-order chi connectivity index (χ0) is 26.4. The highest BCUT2D eigenvalue weighted by atomic mass is 32.2. The first kappa shape index (κ1) is 24.6. The molecule has 2 heterocycles. The first-order valence-electron chi connectivity index (χ1n) is 11.6. The van der Waals surface area contributed by atoms with Gasteiger partial charge in [0, 0.05) is 22.6 Å². The molecule has 2 aromatic carbocycles. The largest absolute Gasteiger partial charge is 0.496 e. The Morgan fingerprint density at radius 2 is 1.84 bits per heavy atom. The summed E-state index contributed by atoms with van der Waals surface area (Å²) in [4.78, 5) is 27.0. The molecule has 190 valence electrons. The molecule has 1 fully saturated rings. The van der Waals surface area contributed by atoms with E-state index in [0.29, 0.717) is 40.2 Å². The summed E-state index contributed by atoms with van der Waals surface area (Å²) in [5.74, 6) is -0.230. The van der Waals surface area contributed by atoms with Crippen molar-refractivity contribution in [2.45, 2.75) is 36.5 Å². The molecule has 2 aromatic heterocycles. The van der Waals surface area contributed by atoms with Gasteiger partial charge in [-0.1, -0.05) is 23.8 Å². The number of rotatable bonds is 7. The summed E-state index contributed by atoms with van der Waals surface area (Å²) < 4.78 is 40.2. The Kier molecular flexibility index (Phi) is 6.07. The maximum absolute atomic E-state index is 14.0. The van der Waals surface area contributed by atoms with Crippen molar-refractivity contribution in [3.05, 3.63) is 83.4 Å². The lowest BCUT2D eigenvalue weighted by atomic mass is 9.89. The van der Waals surface area contributed by atoms with Crippen LogP contribution in [0, 0.1) is 13.8 Å². The number of nitrogens with one attached hydrogen (secondary N) is 1. The van der Waals surface area contributed by atoms with Crippen LogP contribution in [0.5, 0.6) is 11.6 Å². The van der Waals surface area contributed by atoms with Crippen molar-refractivity contribution in [2.75, 3.05) is 14.2 Å². The second-order valence-electron chi connectivity index (χ2n) is 9.13. The van der Waals surface area contributed by atoms with E-state index in [0.717, 1.165) is 11.3 Å². The number of hydrogen-bond donors (Lipinski definition) is 1. The van der Waals surface area contributed by atoms with Gasteiger partial charge in [0.25, 0.3) is 10.0 Å². The number of nitrogens with zero attached hydrogens (tertiary/aromatic N) is 3. The normalized spacial score (nSPS) is 18.9. The molecule has 9 nitrogen and oxygen atoms in total. The number of fused-ring (bicyclic) bond motifs is 1. The van der Waals surface area contributed by atoms with E-state index in [-0.39, 0.29) is 4.90 Å². The number of amides is 1. The number of carbonyl (C=O) groups excluding carboxylic acids is 1. The molecular formula is C27H26N4O5S. The number of hydrogen-bond acceptors (Lipinski definition) is 8. The van der Waals surface area contributed by atoms with Gasteiger partial charge in [-0.2, -0.15) is 0 Å². The van der Waals surface area contributed by atoms with Crippen molar-refractivity contribution in [3.8, 4) is 11.6 Å². The lowest BCUT2D eigenvalue weighted by Crippen LogP contribution is -2.40. The van der Waals surface area contributed by atoms with Gasteiger partial charge in [0.05, 0.1) is 48.1 Å². The van der Waals surface area contributed by atoms with E-state index in [1.165, 1.54) is 26.5 Å². The highest BCUT2D eigenvalue weighted by Crippen LogP contribution is 2.62. The molecule has 1 saturated carbocycles. The summed E-state index contributed by atoms with van der Waals surface area (Å²) in [5.41, 5.74) is 2.14. The fourth-order valence-corrected chi connectivity index (χ4v) is 6.06. The predicted octanol–water partition coefficient (Wildman–Crippen LogP) is 3.59. The number of sulfonamides is 1. The highest BCUT2D eigenvalue weighted by Gasteiger charge is 2.64. The van der Waals surface area contributed by atoms with Gasteiger partial charge in [-0.25, -0.2) is 18.1 Å². The molecule has 0 aliphatic heterocycles. The Bertz CT molecular complexity index is 1620. The minimum atomic E-state index is -4.23. The standard InChI is InChI=1S/C27H26N4O5S/c1-16-8-11-23(35-3)19(12-16)27(13-20(27)22-14-29-25(36-4)15-28-22)26(32)31-37(33,34)24-7-5-6-21-18(24)10-9-17(2)30-21/h5-12,14-15,20H,13H2,1-4H3,(H,31,32)/t20-,27-/m0/s1. The molecule has 2 atom stereocenters. The number of methoxy groups -OCH3 is 2. The van der Waals surface area contributed by atoms with E-state index < -0.39 is 27.3 Å². The molecular weight excluding hydrogens is 492 g/mol. The smallest absolute Gasteiger partial charge is 0.264 e. The molecule has 4 aromatic rings. The van der Waals surface area contributed by atoms with Crippen LogP contribution < -0.4 is 14.2 Å². The summed E-state index contributed by atoms with van der Waals surface area (Å²) in [6.45, 7) is 3.73. The third-order valence-electron chi connectivity index (χ3n) is 6.76. The monoisotopic (exact) mass is 518 g/mol. The summed E-state index contributed by atoms with van der Waals surface area (Å²) in [6.07, 6.45) is 3.37. The summed E-state index contributed by atoms with van der Waals surface area (Å²) in [7, 11) is -1.22. The Morgan fingerprint density at radius 3 is 2.54 bits per heavy atom. The minimum absolute atomic E-state index is 0.0151. The highest BCUT2D eigenvalue weighted by molar-refractivity contribution is 7.90. The number of aromatic nitrogens is 3. The van der Waals surface area contributed by atoms with Crippen molar-refractivity contribution < 1.29 is 22.7 Å². The lowest BCUT2D eigenvalue weighted by molar-refractivity contribution is -0.122. The average molecular weight is 519 g/mol. The third-order valence-corrected chi connectivity index (χ3v) is 8.15. The first-order valence-corrected chi connectivity index (χ1v) is 13.1. The summed E-state index contributed by atoms with van der Waals surface area (Å²) >= 11 is 0. The second kappa shape index (κ2) is 9.11. The van der Waals surface area contributed by atoms with Gasteiger partial charge in [0.15, 0.2) is 0 Å². The molecule has 0 radical (unpaired) electrons. The van der Waals surface area contributed by atoms with Crippen LogP contribution in [0.4, 0.5) is 0 Å². The molecule has 0 unspecified atom stereocenters. The zero-order valence-corrected chi connectivity index (χ0v) is 21.7. The van der Waals surface area contributed by atoms with Gasteiger partial charge in [-0.15, -0.1) is 0 Å². The number of ether oxygens (including phenoxy) is 2. The van der Waals surface area contributed by atoms with E-state index >= 15 is 0 Å². The Labute approximate surface area is 214 Å². The van der Waals surface area contributed by atoms with Crippen LogP contribution in [0.25, 0.3) is 10.9 Å². The van der Waals surface area contributed by atoms with E-state index in [9.17, 15) is 13.2 Å². The lowest BCUT2D eigenvalue weighted by Gasteiger charge is -2.21. The van der Waals surface area contributed by atoms with Crippen LogP contribution >= 0.6 is 0 Å². The summed E-state index contributed by atoms with van der Waals surface area (Å²) in [6, 6.07) is 13.8.